The number of ether oxygens (including phenoxy) is 1. The van der Waals surface area contributed by atoms with Crippen molar-refractivity contribution in [2.24, 2.45) is 5.92 Å². The van der Waals surface area contributed by atoms with Crippen LogP contribution in [0.15, 0.2) is 54.9 Å². The summed E-state index contributed by atoms with van der Waals surface area (Å²) in [6.07, 6.45) is 4.36. The van der Waals surface area contributed by atoms with Crippen molar-refractivity contribution in [3.8, 4) is 5.75 Å². The molecule has 0 bridgehead atoms. The van der Waals surface area contributed by atoms with Crippen molar-refractivity contribution >= 4 is 11.4 Å². The maximum absolute atomic E-state index is 12.4. The number of amides is 1. The minimum atomic E-state index is -0.0925. The molecule has 1 atom stereocenters. The molecule has 1 aromatic carbocycles. The first kappa shape index (κ1) is 13.8. The second-order valence-electron chi connectivity index (χ2n) is 5.79. The van der Waals surface area contributed by atoms with E-state index >= 15 is 0 Å². The Bertz CT molecular complexity index is 856. The van der Waals surface area contributed by atoms with Crippen molar-refractivity contribution in [2.75, 3.05) is 13.2 Å². The van der Waals surface area contributed by atoms with Crippen LogP contribution in [0.2, 0.25) is 0 Å². The van der Waals surface area contributed by atoms with Gasteiger partial charge in [-0.25, -0.2) is 4.52 Å². The van der Waals surface area contributed by atoms with Crippen LogP contribution < -0.4 is 10.1 Å². The number of carbonyl (C=O) groups excluding carboxylic acids is 1. The number of para-hydroxylation sites is 1. The molecule has 1 aliphatic rings. The van der Waals surface area contributed by atoms with E-state index in [0.717, 1.165) is 17.7 Å². The first-order valence-electron chi connectivity index (χ1n) is 7.72. The number of rotatable bonds is 3. The topological polar surface area (TPSA) is 55.6 Å². The summed E-state index contributed by atoms with van der Waals surface area (Å²) in [5.41, 5.74) is 2.62. The monoisotopic (exact) mass is 307 g/mol. The molecule has 116 valence electrons. The Morgan fingerprint density at radius 1 is 1.26 bits per heavy atom. The van der Waals surface area contributed by atoms with Crippen LogP contribution in [0.3, 0.4) is 0 Å². The maximum atomic E-state index is 12.4. The Hall–Kier alpha value is -2.82. The molecule has 3 aromatic rings. The molecule has 4 rings (SSSR count). The summed E-state index contributed by atoms with van der Waals surface area (Å²) in [5.74, 6) is 1.15. The molecule has 2 aromatic heterocycles. The van der Waals surface area contributed by atoms with E-state index in [-0.39, 0.29) is 11.8 Å². The van der Waals surface area contributed by atoms with Crippen LogP contribution in [0.4, 0.5) is 0 Å². The van der Waals surface area contributed by atoms with Gasteiger partial charge in [0, 0.05) is 18.7 Å². The Kier molecular flexibility index (Phi) is 3.46. The van der Waals surface area contributed by atoms with Crippen molar-refractivity contribution in [1.29, 1.82) is 0 Å². The molecule has 1 aliphatic heterocycles. The zero-order valence-electron chi connectivity index (χ0n) is 12.6. The number of nitrogens with one attached hydrogen (secondary N) is 1. The first-order valence-corrected chi connectivity index (χ1v) is 7.72. The molecule has 0 saturated carbocycles. The van der Waals surface area contributed by atoms with Gasteiger partial charge in [0.25, 0.3) is 5.91 Å². The smallest absolute Gasteiger partial charge is 0.255 e. The van der Waals surface area contributed by atoms with Gasteiger partial charge in [0.15, 0.2) is 0 Å². The van der Waals surface area contributed by atoms with Crippen molar-refractivity contribution in [3.05, 3.63) is 66.0 Å². The van der Waals surface area contributed by atoms with Crippen LogP contribution in [-0.4, -0.2) is 28.7 Å². The minimum absolute atomic E-state index is 0.0925. The third-order valence-electron chi connectivity index (χ3n) is 4.18. The Balaban J connectivity index is 1.43. The number of hydrogen-bond acceptors (Lipinski definition) is 3. The number of carbonyl (C=O) groups is 1. The normalized spacial score (nSPS) is 16.6. The lowest BCUT2D eigenvalue weighted by molar-refractivity contribution is 0.0940. The van der Waals surface area contributed by atoms with Crippen molar-refractivity contribution in [2.45, 2.75) is 6.42 Å². The lowest BCUT2D eigenvalue weighted by Crippen LogP contribution is -2.34. The summed E-state index contributed by atoms with van der Waals surface area (Å²) in [6, 6.07) is 13.7. The molecular weight excluding hydrogens is 290 g/mol. The van der Waals surface area contributed by atoms with Gasteiger partial charge >= 0.3 is 0 Å². The van der Waals surface area contributed by atoms with Gasteiger partial charge < -0.3 is 10.1 Å². The molecule has 3 heterocycles. The van der Waals surface area contributed by atoms with Crippen LogP contribution in [0.5, 0.6) is 5.75 Å². The van der Waals surface area contributed by atoms with E-state index < -0.39 is 0 Å². The van der Waals surface area contributed by atoms with Crippen LogP contribution in [0.25, 0.3) is 5.52 Å². The summed E-state index contributed by atoms with van der Waals surface area (Å²) < 4.78 is 7.46. The van der Waals surface area contributed by atoms with Gasteiger partial charge in [-0.05, 0) is 30.2 Å². The van der Waals surface area contributed by atoms with Crippen molar-refractivity contribution in [1.82, 2.24) is 14.9 Å². The Morgan fingerprint density at radius 2 is 2.13 bits per heavy atom. The fourth-order valence-corrected chi connectivity index (χ4v) is 2.96. The lowest BCUT2D eigenvalue weighted by Gasteiger charge is -2.25. The molecule has 0 unspecified atom stereocenters. The van der Waals surface area contributed by atoms with E-state index in [4.69, 9.17) is 4.74 Å². The molecule has 0 aliphatic carbocycles. The van der Waals surface area contributed by atoms with Crippen LogP contribution in [0, 0.1) is 5.92 Å². The molecule has 0 radical (unpaired) electrons. The summed E-state index contributed by atoms with van der Waals surface area (Å²) in [6.45, 7) is 1.23. The lowest BCUT2D eigenvalue weighted by atomic mass is 9.96. The number of nitrogens with zero attached hydrogens (tertiary/aromatic N) is 2. The van der Waals surface area contributed by atoms with Gasteiger partial charge in [0.05, 0.1) is 23.9 Å². The zero-order valence-corrected chi connectivity index (χ0v) is 12.6. The predicted molar refractivity (Wildman–Crippen MR) is 86.7 cm³/mol. The molecule has 5 nitrogen and oxygen atoms in total. The molecule has 0 spiro atoms. The van der Waals surface area contributed by atoms with E-state index in [1.165, 1.54) is 5.56 Å². The van der Waals surface area contributed by atoms with Gasteiger partial charge in [0.2, 0.25) is 0 Å². The van der Waals surface area contributed by atoms with Gasteiger partial charge in [-0.15, -0.1) is 0 Å². The Labute approximate surface area is 133 Å². The van der Waals surface area contributed by atoms with Gasteiger partial charge in [-0.1, -0.05) is 24.3 Å². The van der Waals surface area contributed by atoms with E-state index in [9.17, 15) is 4.79 Å². The molecular formula is C18H17N3O2. The van der Waals surface area contributed by atoms with Gasteiger partial charge in [-0.3, -0.25) is 4.79 Å². The third kappa shape index (κ3) is 2.65. The SMILES string of the molecule is O=C(NC[C@@H]1COc2ccccc2C1)c1cnn2ccccc12. The first-order chi connectivity index (χ1) is 11.3. The summed E-state index contributed by atoms with van der Waals surface area (Å²) in [7, 11) is 0. The molecule has 5 heteroatoms. The highest BCUT2D eigenvalue weighted by molar-refractivity contribution is 6.00. The van der Waals surface area contributed by atoms with E-state index in [1.807, 2.05) is 42.6 Å². The molecule has 23 heavy (non-hydrogen) atoms. The molecule has 1 N–H and O–H groups in total. The number of pyridine rings is 1. The zero-order chi connectivity index (χ0) is 15.6. The highest BCUT2D eigenvalue weighted by atomic mass is 16.5. The largest absolute Gasteiger partial charge is 0.493 e. The average Bonchev–Trinajstić information content (AvgIpc) is 3.03. The minimum Gasteiger partial charge on any atom is -0.493 e. The molecule has 0 saturated heterocycles. The molecule has 1 amide bonds. The highest BCUT2D eigenvalue weighted by Gasteiger charge is 2.21. The van der Waals surface area contributed by atoms with E-state index in [2.05, 4.69) is 16.5 Å². The average molecular weight is 307 g/mol. The summed E-state index contributed by atoms with van der Waals surface area (Å²) >= 11 is 0. The van der Waals surface area contributed by atoms with Crippen molar-refractivity contribution < 1.29 is 9.53 Å². The second-order valence-corrected chi connectivity index (χ2v) is 5.79. The number of hydrogen-bond donors (Lipinski definition) is 1. The summed E-state index contributed by atoms with van der Waals surface area (Å²) in [4.78, 5) is 12.4. The summed E-state index contributed by atoms with van der Waals surface area (Å²) in [5, 5.41) is 7.20. The molecule has 0 fully saturated rings. The maximum Gasteiger partial charge on any atom is 0.255 e. The van der Waals surface area contributed by atoms with E-state index in [1.54, 1.807) is 10.7 Å². The van der Waals surface area contributed by atoms with Crippen molar-refractivity contribution in [3.63, 3.8) is 0 Å². The van der Waals surface area contributed by atoms with E-state index in [0.29, 0.717) is 18.7 Å². The second kappa shape index (κ2) is 5.76. The number of benzene rings is 1. The fourth-order valence-electron chi connectivity index (χ4n) is 2.96. The predicted octanol–water partition coefficient (Wildman–Crippen LogP) is 2.32. The third-order valence-corrected chi connectivity index (χ3v) is 4.18. The van der Waals surface area contributed by atoms with Crippen LogP contribution in [0.1, 0.15) is 15.9 Å². The quantitative estimate of drug-likeness (QED) is 0.808. The van der Waals surface area contributed by atoms with Crippen LogP contribution >= 0.6 is 0 Å². The van der Waals surface area contributed by atoms with Crippen LogP contribution in [-0.2, 0) is 6.42 Å². The highest BCUT2D eigenvalue weighted by Crippen LogP contribution is 2.26. The number of fused-ring (bicyclic) bond motifs is 2. The Morgan fingerprint density at radius 3 is 3.09 bits per heavy atom. The fraction of sp³-hybridized carbons (Fsp3) is 0.222. The number of aromatic nitrogens is 2. The standard InChI is InChI=1S/C18H17N3O2/c22-18(15-11-20-21-8-4-3-6-16(15)21)19-10-13-9-14-5-1-2-7-17(14)23-12-13/h1-8,11,13H,9-10,12H2,(H,19,22)/t13-/m1/s1. The van der Waals surface area contributed by atoms with Gasteiger partial charge in [-0.2, -0.15) is 5.10 Å². The van der Waals surface area contributed by atoms with Gasteiger partial charge in [0.1, 0.15) is 5.75 Å².